The summed E-state index contributed by atoms with van der Waals surface area (Å²) in [7, 11) is 0. The zero-order valence-electron chi connectivity index (χ0n) is 16.6. The lowest BCUT2D eigenvalue weighted by atomic mass is 10.0. The van der Waals surface area contributed by atoms with Crippen LogP contribution in [0.5, 0.6) is 0 Å². The lowest BCUT2D eigenvalue weighted by Crippen LogP contribution is -2.37. The number of anilines is 1. The Hall–Kier alpha value is -2.14. The molecule has 27 heavy (non-hydrogen) atoms. The minimum absolute atomic E-state index is 0.00586. The molecule has 1 heterocycles. The van der Waals surface area contributed by atoms with Crippen LogP contribution in [0.15, 0.2) is 36.4 Å². The van der Waals surface area contributed by atoms with Gasteiger partial charge in [-0.25, -0.2) is 4.79 Å². The number of hydrogen-bond acceptors (Lipinski definition) is 3. The Labute approximate surface area is 165 Å². The van der Waals surface area contributed by atoms with Gasteiger partial charge in [-0.15, -0.1) is 11.3 Å². The minimum atomic E-state index is -0.990. The summed E-state index contributed by atoms with van der Waals surface area (Å²) in [5.41, 5.74) is 1.47. The highest BCUT2D eigenvalue weighted by molar-refractivity contribution is 7.18. The maximum atomic E-state index is 12.9. The van der Waals surface area contributed by atoms with E-state index in [1.54, 1.807) is 4.90 Å². The second-order valence-corrected chi connectivity index (χ2v) is 8.55. The van der Waals surface area contributed by atoms with Gasteiger partial charge >= 0.3 is 5.97 Å². The number of amides is 1. The summed E-state index contributed by atoms with van der Waals surface area (Å²) in [5.74, 6) is -0.366. The molecule has 0 radical (unpaired) electrons. The molecule has 0 unspecified atom stereocenters. The molecular formula is C22H29NO3S. The summed E-state index contributed by atoms with van der Waals surface area (Å²) in [6.45, 7) is 8.21. The molecule has 1 aromatic heterocycles. The summed E-state index contributed by atoms with van der Waals surface area (Å²) in [6, 6.07) is 11.4. The van der Waals surface area contributed by atoms with Crippen molar-refractivity contribution in [3.8, 4) is 10.4 Å². The van der Waals surface area contributed by atoms with Crippen LogP contribution in [-0.4, -0.2) is 23.0 Å². The summed E-state index contributed by atoms with van der Waals surface area (Å²) in [4.78, 5) is 27.4. The molecular weight excluding hydrogens is 358 g/mol. The number of hydrogen-bond donors (Lipinski definition) is 1. The molecule has 0 spiro atoms. The molecule has 0 aliphatic rings. The van der Waals surface area contributed by atoms with Crippen LogP contribution >= 0.6 is 11.3 Å². The maximum Gasteiger partial charge on any atom is 0.348 e. The molecule has 0 saturated heterocycles. The quantitative estimate of drug-likeness (QED) is 0.531. The summed E-state index contributed by atoms with van der Waals surface area (Å²) < 4.78 is 0. The van der Waals surface area contributed by atoms with Gasteiger partial charge in [0, 0.05) is 17.3 Å². The zero-order chi connectivity index (χ0) is 20.0. The third kappa shape index (κ3) is 5.67. The second-order valence-electron chi connectivity index (χ2n) is 7.49. The van der Waals surface area contributed by atoms with Gasteiger partial charge < -0.3 is 10.0 Å². The van der Waals surface area contributed by atoms with Crippen molar-refractivity contribution in [3.05, 3.63) is 41.3 Å². The van der Waals surface area contributed by atoms with Crippen LogP contribution in [0, 0.1) is 5.92 Å². The van der Waals surface area contributed by atoms with Crippen LogP contribution in [0.3, 0.4) is 0 Å². The SMILES string of the molecule is CC(C)CCCCC(=O)N(c1cc(-c2ccccc2)sc1C(=O)O)C(C)C. The predicted octanol–water partition coefficient (Wildman–Crippen LogP) is 6.07. The van der Waals surface area contributed by atoms with E-state index in [2.05, 4.69) is 13.8 Å². The van der Waals surface area contributed by atoms with Crippen molar-refractivity contribution < 1.29 is 14.7 Å². The monoisotopic (exact) mass is 387 g/mol. The van der Waals surface area contributed by atoms with Crippen LogP contribution in [0.25, 0.3) is 10.4 Å². The first-order valence-electron chi connectivity index (χ1n) is 9.55. The average molecular weight is 388 g/mol. The lowest BCUT2D eigenvalue weighted by Gasteiger charge is -2.26. The minimum Gasteiger partial charge on any atom is -0.477 e. The maximum absolute atomic E-state index is 12.9. The topological polar surface area (TPSA) is 57.6 Å². The van der Waals surface area contributed by atoms with Crippen molar-refractivity contribution in [3.63, 3.8) is 0 Å². The fourth-order valence-corrected chi connectivity index (χ4v) is 4.10. The fraction of sp³-hybridized carbons (Fsp3) is 0.455. The van der Waals surface area contributed by atoms with E-state index in [0.717, 1.165) is 29.7 Å². The van der Waals surface area contributed by atoms with Gasteiger partial charge in [-0.1, -0.05) is 57.0 Å². The highest BCUT2D eigenvalue weighted by Crippen LogP contribution is 2.38. The number of carboxylic acids is 1. The number of thiophene rings is 1. The first-order valence-corrected chi connectivity index (χ1v) is 10.4. The first kappa shape index (κ1) is 21.2. The van der Waals surface area contributed by atoms with Gasteiger partial charge in [0.15, 0.2) is 0 Å². The third-order valence-electron chi connectivity index (χ3n) is 4.43. The van der Waals surface area contributed by atoms with Crippen LogP contribution in [0.1, 0.15) is 63.0 Å². The molecule has 4 nitrogen and oxygen atoms in total. The molecule has 0 saturated carbocycles. The molecule has 146 valence electrons. The predicted molar refractivity (Wildman–Crippen MR) is 113 cm³/mol. The number of unbranched alkanes of at least 4 members (excludes halogenated alkanes) is 1. The Balaban J connectivity index is 2.29. The number of benzene rings is 1. The average Bonchev–Trinajstić information content (AvgIpc) is 3.04. The molecule has 1 aromatic carbocycles. The van der Waals surface area contributed by atoms with Crippen molar-refractivity contribution in [2.45, 2.75) is 59.4 Å². The van der Waals surface area contributed by atoms with E-state index in [4.69, 9.17) is 0 Å². The second kappa shape index (κ2) is 9.70. The molecule has 1 amide bonds. The van der Waals surface area contributed by atoms with Crippen molar-refractivity contribution >= 4 is 28.9 Å². The molecule has 2 aromatic rings. The van der Waals surface area contributed by atoms with E-state index in [1.165, 1.54) is 11.3 Å². The molecule has 0 aliphatic carbocycles. The lowest BCUT2D eigenvalue weighted by molar-refractivity contribution is -0.119. The number of rotatable bonds is 9. The summed E-state index contributed by atoms with van der Waals surface area (Å²) in [6.07, 6.45) is 3.39. The summed E-state index contributed by atoms with van der Waals surface area (Å²) >= 11 is 1.22. The molecule has 0 bridgehead atoms. The van der Waals surface area contributed by atoms with Crippen LogP contribution in [-0.2, 0) is 4.79 Å². The Bertz CT molecular complexity index is 765. The highest BCUT2D eigenvalue weighted by Gasteiger charge is 2.27. The Morgan fingerprint density at radius 2 is 1.74 bits per heavy atom. The summed E-state index contributed by atoms with van der Waals surface area (Å²) in [5, 5.41) is 9.69. The van der Waals surface area contributed by atoms with Gasteiger partial charge in [0.2, 0.25) is 5.91 Å². The van der Waals surface area contributed by atoms with E-state index in [1.807, 2.05) is 50.2 Å². The molecule has 0 atom stereocenters. The van der Waals surface area contributed by atoms with Crippen molar-refractivity contribution in [2.24, 2.45) is 5.92 Å². The largest absolute Gasteiger partial charge is 0.477 e. The van der Waals surface area contributed by atoms with Gasteiger partial charge in [-0.2, -0.15) is 0 Å². The normalized spacial score (nSPS) is 11.2. The Morgan fingerprint density at radius 1 is 1.07 bits per heavy atom. The fourth-order valence-electron chi connectivity index (χ4n) is 3.11. The smallest absolute Gasteiger partial charge is 0.348 e. The number of carbonyl (C=O) groups excluding carboxylic acids is 1. The van der Waals surface area contributed by atoms with Crippen LogP contribution in [0.2, 0.25) is 0 Å². The van der Waals surface area contributed by atoms with Gasteiger partial charge in [0.25, 0.3) is 0 Å². The highest BCUT2D eigenvalue weighted by atomic mass is 32.1. The van der Waals surface area contributed by atoms with E-state index >= 15 is 0 Å². The van der Waals surface area contributed by atoms with E-state index < -0.39 is 5.97 Å². The number of carbonyl (C=O) groups is 2. The molecule has 1 N–H and O–H groups in total. The van der Waals surface area contributed by atoms with Gasteiger partial charge in [0.1, 0.15) is 4.88 Å². The van der Waals surface area contributed by atoms with Crippen molar-refractivity contribution in [1.29, 1.82) is 0 Å². The van der Waals surface area contributed by atoms with Crippen molar-refractivity contribution in [1.82, 2.24) is 0 Å². The van der Waals surface area contributed by atoms with Crippen LogP contribution < -0.4 is 4.90 Å². The molecule has 0 aliphatic heterocycles. The Morgan fingerprint density at radius 3 is 2.30 bits per heavy atom. The molecule has 2 rings (SSSR count). The van der Waals surface area contributed by atoms with Crippen molar-refractivity contribution in [2.75, 3.05) is 4.90 Å². The standard InChI is InChI=1S/C22H29NO3S/c1-15(2)10-8-9-13-20(24)23(16(3)4)18-14-19(27-21(18)22(25)26)17-11-6-5-7-12-17/h5-7,11-12,14-16H,8-10,13H2,1-4H3,(H,25,26). The van der Waals surface area contributed by atoms with E-state index in [9.17, 15) is 14.7 Å². The number of aromatic carboxylic acids is 1. The van der Waals surface area contributed by atoms with Gasteiger partial charge in [-0.3, -0.25) is 4.79 Å². The first-order chi connectivity index (χ1) is 12.8. The Kier molecular flexibility index (Phi) is 7.60. The number of nitrogens with zero attached hydrogens (tertiary/aromatic N) is 1. The third-order valence-corrected chi connectivity index (χ3v) is 5.59. The van der Waals surface area contributed by atoms with E-state index in [-0.39, 0.29) is 16.8 Å². The van der Waals surface area contributed by atoms with Gasteiger partial charge in [0.05, 0.1) is 5.69 Å². The number of carboxylic acid groups (broad SMARTS) is 1. The van der Waals surface area contributed by atoms with Crippen LogP contribution in [0.4, 0.5) is 5.69 Å². The van der Waals surface area contributed by atoms with E-state index in [0.29, 0.717) is 18.0 Å². The zero-order valence-corrected chi connectivity index (χ0v) is 17.4. The van der Waals surface area contributed by atoms with Gasteiger partial charge in [-0.05, 0) is 37.8 Å². The molecule has 5 heteroatoms. The molecule has 0 fully saturated rings.